The molecule has 4 aromatic heterocycles. The number of nitrogens with one attached hydrogen (secondary N) is 2. The van der Waals surface area contributed by atoms with Crippen LogP contribution in [-0.4, -0.2) is 36.4 Å². The normalized spacial score (nSPS) is 15.2. The lowest BCUT2D eigenvalue weighted by Crippen LogP contribution is -2.28. The Morgan fingerprint density at radius 2 is 0.725 bits per heavy atom. The summed E-state index contributed by atoms with van der Waals surface area (Å²) in [4.78, 5) is 3.52. The highest BCUT2D eigenvalue weighted by Crippen LogP contribution is 2.44. The van der Waals surface area contributed by atoms with Gasteiger partial charge in [-0.2, -0.15) is 0 Å². The van der Waals surface area contributed by atoms with Gasteiger partial charge < -0.3 is 20.8 Å². The van der Waals surface area contributed by atoms with Crippen molar-refractivity contribution in [1.29, 1.82) is 0 Å². The van der Waals surface area contributed by atoms with Gasteiger partial charge in [0.25, 0.3) is 0 Å². The topological polar surface area (TPSA) is 64.5 Å². The Labute approximate surface area is 253 Å². The van der Waals surface area contributed by atoms with Gasteiger partial charge in [0.1, 0.15) is 0 Å². The Bertz CT molecular complexity index is 1160. The predicted molar refractivity (Wildman–Crippen MR) is 172 cm³/mol. The average molecular weight is 609 g/mol. The molecule has 2 aliphatic rings. The minimum atomic E-state index is -1.20. The summed E-state index contributed by atoms with van der Waals surface area (Å²) in [5.41, 5.74) is -0.831. The van der Waals surface area contributed by atoms with Crippen LogP contribution in [0.15, 0.2) is 94.3 Å². The Morgan fingerprint density at radius 3 is 0.900 bits per heavy atom. The molecule has 4 nitrogen and oxygen atoms in total. The van der Waals surface area contributed by atoms with Crippen LogP contribution in [-0.2, 0) is 11.2 Å². The summed E-state index contributed by atoms with van der Waals surface area (Å²) in [5.74, 6) is 0. The summed E-state index contributed by atoms with van der Waals surface area (Å²) in [6, 6.07) is 23.4. The van der Waals surface area contributed by atoms with E-state index >= 15 is 0 Å². The van der Waals surface area contributed by atoms with Crippen LogP contribution >= 0.6 is 45.3 Å². The van der Waals surface area contributed by atoms with Gasteiger partial charge in [-0.05, 0) is 109 Å². The van der Waals surface area contributed by atoms with Crippen molar-refractivity contribution in [3.8, 4) is 0 Å². The molecule has 7 rings (SSSR count). The molecule has 2 fully saturated rings. The molecule has 0 amide bonds. The van der Waals surface area contributed by atoms with Crippen LogP contribution in [0.1, 0.15) is 56.3 Å². The van der Waals surface area contributed by atoms with Crippen LogP contribution in [0.2, 0.25) is 0 Å². The third-order valence-electron chi connectivity index (χ3n) is 7.15. The van der Waals surface area contributed by atoms with E-state index in [0.29, 0.717) is 0 Å². The molecule has 0 bridgehead atoms. The second-order valence-electron chi connectivity index (χ2n) is 9.82. The van der Waals surface area contributed by atoms with E-state index < -0.39 is 11.2 Å². The molecule has 4 N–H and O–H groups in total. The molecule has 2 aliphatic heterocycles. The van der Waals surface area contributed by atoms with E-state index in [2.05, 4.69) is 10.6 Å². The standard InChI is InChI=1S/C24H18O2S4.2C4H9N/c25-23(19-5-1-13-27-19,20-6-2-14-28-20)17-9-11-18(12-10-17)24(26,21-7-3-15-29-21)22-8-4-16-30-22;2*1-2-4-5-3-1/h1-16,25-26H;2*5H,1-4H2. The molecule has 0 atom stereocenters. The number of benzene rings is 1. The molecule has 6 heterocycles. The van der Waals surface area contributed by atoms with Gasteiger partial charge in [-0.25, -0.2) is 0 Å². The van der Waals surface area contributed by atoms with Gasteiger partial charge >= 0.3 is 0 Å². The molecule has 1 aromatic carbocycles. The van der Waals surface area contributed by atoms with Crippen LogP contribution in [0.5, 0.6) is 0 Å². The van der Waals surface area contributed by atoms with Crippen molar-refractivity contribution >= 4 is 45.3 Å². The minimum Gasteiger partial charge on any atom is -0.374 e. The number of hydrogen-bond donors (Lipinski definition) is 4. The molecule has 0 radical (unpaired) electrons. The molecule has 0 aliphatic carbocycles. The highest BCUT2D eigenvalue weighted by atomic mass is 32.1. The van der Waals surface area contributed by atoms with E-state index in [4.69, 9.17) is 0 Å². The summed E-state index contributed by atoms with van der Waals surface area (Å²) in [7, 11) is 0. The van der Waals surface area contributed by atoms with E-state index in [1.165, 1.54) is 97.2 Å². The first-order chi connectivity index (χ1) is 19.6. The molecule has 0 unspecified atom stereocenters. The van der Waals surface area contributed by atoms with Gasteiger partial charge in [0.05, 0.1) is 0 Å². The van der Waals surface area contributed by atoms with E-state index in [1.807, 2.05) is 94.3 Å². The van der Waals surface area contributed by atoms with E-state index in [1.54, 1.807) is 0 Å². The van der Waals surface area contributed by atoms with Gasteiger partial charge in [-0.1, -0.05) is 48.5 Å². The Hall–Kier alpha value is -2.14. The van der Waals surface area contributed by atoms with Gasteiger partial charge in [0.15, 0.2) is 11.2 Å². The first-order valence-corrected chi connectivity index (χ1v) is 17.3. The maximum atomic E-state index is 11.8. The summed E-state index contributed by atoms with van der Waals surface area (Å²) in [6.07, 6.45) is 5.56. The van der Waals surface area contributed by atoms with Crippen molar-refractivity contribution in [2.24, 2.45) is 0 Å². The zero-order chi connectivity index (χ0) is 27.7. The molecular formula is C32H36N2O2S4. The smallest absolute Gasteiger partial charge is 0.158 e. The largest absolute Gasteiger partial charge is 0.374 e. The highest BCUT2D eigenvalue weighted by molar-refractivity contribution is 7.12. The van der Waals surface area contributed by atoms with Crippen LogP contribution in [0.4, 0.5) is 0 Å². The summed E-state index contributed by atoms with van der Waals surface area (Å²) in [5, 5.41) is 38.0. The summed E-state index contributed by atoms with van der Waals surface area (Å²) >= 11 is 6.16. The number of rotatable bonds is 6. The predicted octanol–water partition coefficient (Wildman–Crippen LogP) is 7.24. The SMILES string of the molecule is C1CCNC1.C1CCNC1.OC(c1ccc(C(O)(c2cccs2)c2cccs2)cc1)(c1cccs1)c1cccs1. The van der Waals surface area contributed by atoms with Gasteiger partial charge in [-0.15, -0.1) is 45.3 Å². The van der Waals surface area contributed by atoms with E-state index in [9.17, 15) is 10.2 Å². The van der Waals surface area contributed by atoms with Crippen LogP contribution in [0.25, 0.3) is 0 Å². The Morgan fingerprint density at radius 1 is 0.450 bits per heavy atom. The van der Waals surface area contributed by atoms with Crippen molar-refractivity contribution < 1.29 is 10.2 Å². The van der Waals surface area contributed by atoms with Gasteiger partial charge in [0.2, 0.25) is 0 Å². The molecular weight excluding hydrogens is 573 g/mol. The first kappa shape index (κ1) is 29.4. The second-order valence-corrected chi connectivity index (χ2v) is 13.6. The fraction of sp³-hybridized carbons (Fsp3) is 0.312. The lowest BCUT2D eigenvalue weighted by molar-refractivity contribution is 0.129. The summed E-state index contributed by atoms with van der Waals surface area (Å²) in [6.45, 7) is 5.00. The lowest BCUT2D eigenvalue weighted by Gasteiger charge is -2.30. The zero-order valence-electron chi connectivity index (χ0n) is 22.4. The molecule has 5 aromatic rings. The molecule has 2 saturated heterocycles. The van der Waals surface area contributed by atoms with Crippen molar-refractivity contribution in [2.75, 3.05) is 26.2 Å². The third kappa shape index (κ3) is 6.50. The fourth-order valence-corrected chi connectivity index (χ4v) is 8.52. The molecule has 0 spiro atoms. The highest BCUT2D eigenvalue weighted by Gasteiger charge is 2.39. The van der Waals surface area contributed by atoms with Crippen LogP contribution in [0.3, 0.4) is 0 Å². The molecule has 210 valence electrons. The number of thiophene rings is 4. The first-order valence-electron chi connectivity index (χ1n) is 13.8. The molecule has 0 saturated carbocycles. The van der Waals surface area contributed by atoms with Gasteiger partial charge in [-0.3, -0.25) is 0 Å². The Balaban J connectivity index is 0.000000270. The monoisotopic (exact) mass is 608 g/mol. The summed E-state index contributed by atoms with van der Waals surface area (Å²) < 4.78 is 0. The number of aliphatic hydroxyl groups is 2. The fourth-order valence-electron chi connectivity index (χ4n) is 4.95. The maximum Gasteiger partial charge on any atom is 0.158 e. The van der Waals surface area contributed by atoms with Crippen molar-refractivity contribution in [1.82, 2.24) is 10.6 Å². The Kier molecular flexibility index (Phi) is 10.4. The van der Waals surface area contributed by atoms with Crippen molar-refractivity contribution in [2.45, 2.75) is 36.9 Å². The van der Waals surface area contributed by atoms with E-state index in [-0.39, 0.29) is 0 Å². The minimum absolute atomic E-state index is 0.788. The van der Waals surface area contributed by atoms with Crippen molar-refractivity contribution in [3.05, 3.63) is 125 Å². The molecule has 40 heavy (non-hydrogen) atoms. The number of hydrogen-bond acceptors (Lipinski definition) is 8. The zero-order valence-corrected chi connectivity index (χ0v) is 25.7. The third-order valence-corrected chi connectivity index (χ3v) is 11.1. The maximum absolute atomic E-state index is 11.8. The van der Waals surface area contributed by atoms with Crippen LogP contribution in [0, 0.1) is 0 Å². The van der Waals surface area contributed by atoms with Crippen LogP contribution < -0.4 is 10.6 Å². The quantitative estimate of drug-likeness (QED) is 0.164. The van der Waals surface area contributed by atoms with Crippen molar-refractivity contribution in [3.63, 3.8) is 0 Å². The van der Waals surface area contributed by atoms with E-state index in [0.717, 1.165) is 30.6 Å². The second kappa shape index (κ2) is 14.2. The molecule has 8 heteroatoms. The average Bonchev–Trinajstić information content (AvgIpc) is 3.88. The lowest BCUT2D eigenvalue weighted by atomic mass is 9.85. The van der Waals surface area contributed by atoms with Gasteiger partial charge in [0, 0.05) is 19.5 Å².